The van der Waals surface area contributed by atoms with Crippen molar-refractivity contribution in [3.05, 3.63) is 72.3 Å². The second-order valence-electron chi connectivity index (χ2n) is 9.65. The number of hydrogen-bond acceptors (Lipinski definition) is 6. The van der Waals surface area contributed by atoms with Crippen LogP contribution in [-0.2, 0) is 19.1 Å². The van der Waals surface area contributed by atoms with Gasteiger partial charge in [-0.05, 0) is 56.4 Å². The Morgan fingerprint density at radius 1 is 1.06 bits per heavy atom. The fourth-order valence-electron chi connectivity index (χ4n) is 3.73. The molecule has 2 aromatic carbocycles. The third-order valence-electron chi connectivity index (χ3n) is 5.50. The fourth-order valence-corrected chi connectivity index (χ4v) is 3.73. The van der Waals surface area contributed by atoms with Crippen LogP contribution in [0.4, 0.5) is 0 Å². The minimum atomic E-state index is -1.07. The first kappa shape index (κ1) is 24.1. The summed E-state index contributed by atoms with van der Waals surface area (Å²) in [4.78, 5) is 24.8. The summed E-state index contributed by atoms with van der Waals surface area (Å²) in [7, 11) is 0. The predicted octanol–water partition coefficient (Wildman–Crippen LogP) is 5.76. The largest absolute Gasteiger partial charge is 0.457 e. The molecule has 2 aromatic rings. The van der Waals surface area contributed by atoms with Crippen molar-refractivity contribution in [1.82, 2.24) is 0 Å². The molecule has 0 radical (unpaired) electrons. The lowest BCUT2D eigenvalue weighted by molar-refractivity contribution is -0.150. The van der Waals surface area contributed by atoms with Gasteiger partial charge in [-0.1, -0.05) is 50.3 Å². The van der Waals surface area contributed by atoms with E-state index in [1.54, 1.807) is 51.1 Å². The quantitative estimate of drug-likeness (QED) is 0.396. The average Bonchev–Trinajstić information content (AvgIpc) is 3.30. The molecule has 3 rings (SSSR count). The van der Waals surface area contributed by atoms with Gasteiger partial charge in [-0.2, -0.15) is 5.26 Å². The van der Waals surface area contributed by atoms with Crippen LogP contribution in [0.15, 0.2) is 66.7 Å². The van der Waals surface area contributed by atoms with Crippen molar-refractivity contribution in [2.45, 2.75) is 46.3 Å². The Morgan fingerprint density at radius 2 is 1.73 bits per heavy atom. The summed E-state index contributed by atoms with van der Waals surface area (Å²) in [6, 6.07) is 18.3. The van der Waals surface area contributed by atoms with E-state index in [-0.39, 0.29) is 11.3 Å². The molecule has 1 aliphatic rings. The average molecular weight is 448 g/mol. The fraction of sp³-hybridized carbons (Fsp3) is 0.370. The smallest absolute Gasteiger partial charge is 0.330 e. The van der Waals surface area contributed by atoms with E-state index in [2.05, 4.69) is 6.07 Å². The number of nitriles is 1. The van der Waals surface area contributed by atoms with E-state index in [1.807, 2.05) is 44.2 Å². The van der Waals surface area contributed by atoms with Crippen molar-refractivity contribution in [3.63, 3.8) is 0 Å². The van der Waals surface area contributed by atoms with E-state index >= 15 is 0 Å². The van der Waals surface area contributed by atoms with Gasteiger partial charge in [0.2, 0.25) is 6.10 Å². The summed E-state index contributed by atoms with van der Waals surface area (Å²) >= 11 is 0. The molecule has 0 spiro atoms. The maximum Gasteiger partial charge on any atom is 0.330 e. The first-order valence-corrected chi connectivity index (χ1v) is 10.9. The number of nitrogens with zero attached hydrogens (tertiary/aromatic N) is 1. The highest BCUT2D eigenvalue weighted by atomic mass is 16.6. The first-order valence-electron chi connectivity index (χ1n) is 10.9. The number of benzene rings is 2. The Balaban J connectivity index is 1.66. The molecule has 0 saturated heterocycles. The molecule has 1 fully saturated rings. The highest BCUT2D eigenvalue weighted by Crippen LogP contribution is 2.59. The maximum atomic E-state index is 12.9. The van der Waals surface area contributed by atoms with Crippen molar-refractivity contribution in [1.29, 1.82) is 5.26 Å². The summed E-state index contributed by atoms with van der Waals surface area (Å²) in [5.74, 6) is -0.345. The van der Waals surface area contributed by atoms with Gasteiger partial charge in [0.15, 0.2) is 0 Å². The Bertz CT molecular complexity index is 1080. The maximum absolute atomic E-state index is 12.9. The number of carbonyl (C=O) groups excluding carboxylic acids is 2. The molecule has 1 saturated carbocycles. The van der Waals surface area contributed by atoms with Gasteiger partial charge < -0.3 is 14.2 Å². The molecule has 6 nitrogen and oxygen atoms in total. The number of rotatable bonds is 7. The van der Waals surface area contributed by atoms with E-state index in [9.17, 15) is 14.9 Å². The summed E-state index contributed by atoms with van der Waals surface area (Å²) in [6.45, 7) is 9.24. The second-order valence-corrected chi connectivity index (χ2v) is 9.65. The summed E-state index contributed by atoms with van der Waals surface area (Å²) in [6.07, 6.45) is 1.98. The SMILES string of the molecule is CC(C)(C)OC(=O)/C=C\C1C(C(=O)O[C@H](C#N)c2cccc(Oc3ccccc3)c2)C1(C)C. The molecule has 1 aliphatic carbocycles. The van der Waals surface area contributed by atoms with E-state index in [0.29, 0.717) is 17.1 Å². The van der Waals surface area contributed by atoms with Gasteiger partial charge >= 0.3 is 11.9 Å². The van der Waals surface area contributed by atoms with Gasteiger partial charge in [-0.25, -0.2) is 4.79 Å². The predicted molar refractivity (Wildman–Crippen MR) is 123 cm³/mol. The van der Waals surface area contributed by atoms with Gasteiger partial charge in [0.1, 0.15) is 23.2 Å². The van der Waals surface area contributed by atoms with Crippen LogP contribution in [0.2, 0.25) is 0 Å². The van der Waals surface area contributed by atoms with E-state index < -0.39 is 29.6 Å². The second kappa shape index (κ2) is 9.50. The zero-order chi connectivity index (χ0) is 24.2. The van der Waals surface area contributed by atoms with Gasteiger partial charge in [0.25, 0.3) is 0 Å². The zero-order valence-corrected chi connectivity index (χ0v) is 19.6. The zero-order valence-electron chi connectivity index (χ0n) is 19.6. The van der Waals surface area contributed by atoms with Crippen molar-refractivity contribution >= 4 is 11.9 Å². The van der Waals surface area contributed by atoms with Crippen molar-refractivity contribution in [2.24, 2.45) is 17.3 Å². The molecule has 0 aliphatic heterocycles. The Labute approximate surface area is 194 Å². The van der Waals surface area contributed by atoms with Crippen LogP contribution in [0.3, 0.4) is 0 Å². The van der Waals surface area contributed by atoms with Gasteiger partial charge in [-0.15, -0.1) is 0 Å². The van der Waals surface area contributed by atoms with Crippen LogP contribution < -0.4 is 4.74 Å². The first-order chi connectivity index (χ1) is 15.5. The van der Waals surface area contributed by atoms with Crippen LogP contribution in [0.25, 0.3) is 0 Å². The summed E-state index contributed by atoms with van der Waals surface area (Å²) in [5, 5.41) is 9.65. The minimum absolute atomic E-state index is 0.176. The number of para-hydroxylation sites is 1. The van der Waals surface area contributed by atoms with Crippen molar-refractivity contribution in [3.8, 4) is 17.6 Å². The molecule has 172 valence electrons. The van der Waals surface area contributed by atoms with Crippen LogP contribution in [0, 0.1) is 28.6 Å². The molecule has 33 heavy (non-hydrogen) atoms. The third-order valence-corrected chi connectivity index (χ3v) is 5.50. The topological polar surface area (TPSA) is 85.6 Å². The number of allylic oxidation sites excluding steroid dienone is 1. The van der Waals surface area contributed by atoms with Gasteiger partial charge in [0, 0.05) is 11.6 Å². The number of esters is 2. The molecule has 3 atom stereocenters. The number of hydrogen-bond donors (Lipinski definition) is 0. The minimum Gasteiger partial charge on any atom is -0.457 e. The molecule has 0 bridgehead atoms. The summed E-state index contributed by atoms with van der Waals surface area (Å²) < 4.78 is 16.7. The van der Waals surface area contributed by atoms with Gasteiger partial charge in [-0.3, -0.25) is 4.79 Å². The van der Waals surface area contributed by atoms with Crippen molar-refractivity contribution in [2.75, 3.05) is 0 Å². The molecule has 2 unspecified atom stereocenters. The standard InChI is InChI=1S/C27H29NO5/c1-26(2,3)33-23(29)15-14-21-24(27(21,4)5)25(30)32-22(17-28)18-10-9-13-20(16-18)31-19-11-7-6-8-12-19/h6-16,21-22,24H,1-5H3/b15-14-/t21?,22-,24?/m1/s1. The number of carbonyl (C=O) groups is 2. The normalized spacial score (nSPS) is 19.9. The Kier molecular flexibility index (Phi) is 6.92. The summed E-state index contributed by atoms with van der Waals surface area (Å²) in [5.41, 5.74) is -0.440. The Morgan fingerprint density at radius 3 is 2.36 bits per heavy atom. The van der Waals surface area contributed by atoms with Crippen LogP contribution in [0.1, 0.15) is 46.3 Å². The van der Waals surface area contributed by atoms with Crippen LogP contribution >= 0.6 is 0 Å². The molecule has 6 heteroatoms. The Hall–Kier alpha value is -3.59. The van der Waals surface area contributed by atoms with E-state index in [1.165, 1.54) is 6.08 Å². The lowest BCUT2D eigenvalue weighted by Gasteiger charge is -2.17. The van der Waals surface area contributed by atoms with Crippen molar-refractivity contribution < 1.29 is 23.8 Å². The number of ether oxygens (including phenoxy) is 3. The molecular weight excluding hydrogens is 418 g/mol. The molecule has 0 heterocycles. The van der Waals surface area contributed by atoms with Gasteiger partial charge in [0.05, 0.1) is 5.92 Å². The lowest BCUT2D eigenvalue weighted by atomic mass is 10.1. The van der Waals surface area contributed by atoms with E-state index in [4.69, 9.17) is 14.2 Å². The highest BCUT2D eigenvalue weighted by Gasteiger charge is 2.61. The molecule has 0 amide bonds. The molecule has 0 aromatic heterocycles. The van der Waals surface area contributed by atoms with Crippen LogP contribution in [0.5, 0.6) is 11.5 Å². The third kappa shape index (κ3) is 6.23. The molecule has 0 N–H and O–H groups in total. The van der Waals surface area contributed by atoms with Crippen LogP contribution in [-0.4, -0.2) is 17.5 Å². The lowest BCUT2D eigenvalue weighted by Crippen LogP contribution is -2.22. The molecular formula is C27H29NO5. The van der Waals surface area contributed by atoms with E-state index in [0.717, 1.165) is 0 Å². The monoisotopic (exact) mass is 447 g/mol. The highest BCUT2D eigenvalue weighted by molar-refractivity contribution is 5.83.